The number of hydrogen-bond acceptors (Lipinski definition) is 6. The van der Waals surface area contributed by atoms with Crippen LogP contribution in [-0.4, -0.2) is 30.5 Å². The Labute approximate surface area is 192 Å². The molecule has 1 aliphatic heterocycles. The average Bonchev–Trinajstić information content (AvgIpc) is 3.29. The van der Waals surface area contributed by atoms with Crippen LogP contribution in [0.4, 0.5) is 11.4 Å². The second-order valence-electron chi connectivity index (χ2n) is 7.38. The largest absolute Gasteiger partial charge is 0.497 e. The van der Waals surface area contributed by atoms with Gasteiger partial charge in [-0.1, -0.05) is 6.92 Å². The molecular formula is C22H24N2O5S3. The zero-order valence-electron chi connectivity index (χ0n) is 17.7. The van der Waals surface area contributed by atoms with E-state index in [0.717, 1.165) is 16.9 Å². The van der Waals surface area contributed by atoms with Crippen molar-refractivity contribution in [1.82, 2.24) is 0 Å². The first-order valence-electron chi connectivity index (χ1n) is 10.2. The monoisotopic (exact) mass is 492 g/mol. The van der Waals surface area contributed by atoms with E-state index in [1.54, 1.807) is 36.4 Å². The first kappa shape index (κ1) is 22.6. The van der Waals surface area contributed by atoms with Gasteiger partial charge in [0, 0.05) is 17.1 Å². The quantitative estimate of drug-likeness (QED) is 0.532. The fourth-order valence-electron chi connectivity index (χ4n) is 3.65. The SMILES string of the molecule is CCc1ccc(S(=O)(=O)Nc2ccc3c(c2)CCCN3S(=O)(=O)c2ccc(OC)cc2)s1. The van der Waals surface area contributed by atoms with E-state index in [-0.39, 0.29) is 9.10 Å². The number of rotatable bonds is 7. The first-order valence-corrected chi connectivity index (χ1v) is 13.9. The summed E-state index contributed by atoms with van der Waals surface area (Å²) in [6, 6.07) is 14.7. The Morgan fingerprint density at radius 1 is 1.03 bits per heavy atom. The summed E-state index contributed by atoms with van der Waals surface area (Å²) in [4.78, 5) is 1.18. The molecule has 1 N–H and O–H groups in total. The van der Waals surface area contributed by atoms with Crippen molar-refractivity contribution >= 4 is 42.8 Å². The third kappa shape index (κ3) is 4.35. The Balaban J connectivity index is 1.62. The van der Waals surface area contributed by atoms with Gasteiger partial charge in [0.25, 0.3) is 20.0 Å². The number of thiophene rings is 1. The second kappa shape index (κ2) is 8.76. The minimum absolute atomic E-state index is 0.181. The Morgan fingerprint density at radius 3 is 2.44 bits per heavy atom. The summed E-state index contributed by atoms with van der Waals surface area (Å²) in [6.07, 6.45) is 2.08. The van der Waals surface area contributed by atoms with Crippen LogP contribution in [0.2, 0.25) is 0 Å². The molecule has 0 saturated carbocycles. The predicted octanol–water partition coefficient (Wildman–Crippen LogP) is 4.26. The van der Waals surface area contributed by atoms with Crippen LogP contribution >= 0.6 is 11.3 Å². The minimum Gasteiger partial charge on any atom is -0.497 e. The number of sulfonamides is 2. The van der Waals surface area contributed by atoms with E-state index in [4.69, 9.17) is 4.74 Å². The van der Waals surface area contributed by atoms with Gasteiger partial charge < -0.3 is 4.74 Å². The average molecular weight is 493 g/mol. The third-order valence-corrected chi connectivity index (χ3v) is 10.2. The Morgan fingerprint density at radius 2 is 1.78 bits per heavy atom. The summed E-state index contributed by atoms with van der Waals surface area (Å²) in [5, 5.41) is 0. The fourth-order valence-corrected chi connectivity index (χ4v) is 7.53. The summed E-state index contributed by atoms with van der Waals surface area (Å²) in [6.45, 7) is 2.34. The van der Waals surface area contributed by atoms with E-state index in [1.165, 1.54) is 34.9 Å². The lowest BCUT2D eigenvalue weighted by molar-refractivity contribution is 0.414. The van der Waals surface area contributed by atoms with Gasteiger partial charge in [0.05, 0.1) is 17.7 Å². The van der Waals surface area contributed by atoms with Crippen molar-refractivity contribution in [2.75, 3.05) is 22.7 Å². The normalized spacial score (nSPS) is 14.1. The van der Waals surface area contributed by atoms with E-state index >= 15 is 0 Å². The molecule has 3 aromatic rings. The highest BCUT2D eigenvalue weighted by molar-refractivity contribution is 7.94. The number of methoxy groups -OCH3 is 1. The van der Waals surface area contributed by atoms with Crippen LogP contribution in [0.5, 0.6) is 5.75 Å². The molecule has 170 valence electrons. The lowest BCUT2D eigenvalue weighted by atomic mass is 10.0. The maximum Gasteiger partial charge on any atom is 0.271 e. The topological polar surface area (TPSA) is 92.8 Å². The molecule has 0 radical (unpaired) electrons. The number of hydrogen-bond donors (Lipinski definition) is 1. The lowest BCUT2D eigenvalue weighted by Crippen LogP contribution is -2.35. The molecule has 0 unspecified atom stereocenters. The number of fused-ring (bicyclic) bond motifs is 1. The van der Waals surface area contributed by atoms with Gasteiger partial charge in [0.1, 0.15) is 9.96 Å². The van der Waals surface area contributed by atoms with Gasteiger partial charge in [-0.3, -0.25) is 9.03 Å². The number of aryl methyl sites for hydroxylation is 2. The van der Waals surface area contributed by atoms with Crippen molar-refractivity contribution in [2.45, 2.75) is 35.3 Å². The maximum absolute atomic E-state index is 13.3. The van der Waals surface area contributed by atoms with Crippen LogP contribution in [0.3, 0.4) is 0 Å². The van der Waals surface area contributed by atoms with Crippen molar-refractivity contribution in [2.24, 2.45) is 0 Å². The van der Waals surface area contributed by atoms with Gasteiger partial charge >= 0.3 is 0 Å². The molecule has 2 heterocycles. The van der Waals surface area contributed by atoms with E-state index in [0.29, 0.717) is 36.5 Å². The highest BCUT2D eigenvalue weighted by Gasteiger charge is 2.29. The van der Waals surface area contributed by atoms with Gasteiger partial charge in [0.15, 0.2) is 0 Å². The fraction of sp³-hybridized carbons (Fsp3) is 0.273. The molecule has 2 aromatic carbocycles. The van der Waals surface area contributed by atoms with Gasteiger partial charge in [0.2, 0.25) is 0 Å². The van der Waals surface area contributed by atoms with Gasteiger partial charge in [-0.25, -0.2) is 16.8 Å². The Hall–Kier alpha value is -2.56. The van der Waals surface area contributed by atoms with E-state index in [9.17, 15) is 16.8 Å². The number of nitrogens with zero attached hydrogens (tertiary/aromatic N) is 1. The number of nitrogens with one attached hydrogen (secondary N) is 1. The third-order valence-electron chi connectivity index (χ3n) is 5.31. The Kier molecular flexibility index (Phi) is 6.19. The molecule has 0 atom stereocenters. The molecule has 0 aliphatic carbocycles. The van der Waals surface area contributed by atoms with Crippen molar-refractivity contribution in [3.8, 4) is 5.75 Å². The van der Waals surface area contributed by atoms with Crippen molar-refractivity contribution < 1.29 is 21.6 Å². The van der Waals surface area contributed by atoms with Crippen molar-refractivity contribution in [3.05, 3.63) is 65.0 Å². The van der Waals surface area contributed by atoms with Gasteiger partial charge in [-0.2, -0.15) is 0 Å². The summed E-state index contributed by atoms with van der Waals surface area (Å²) < 4.78 is 61.4. The zero-order chi connectivity index (χ0) is 22.9. The summed E-state index contributed by atoms with van der Waals surface area (Å²) in [5.41, 5.74) is 1.77. The van der Waals surface area contributed by atoms with Crippen molar-refractivity contribution in [1.29, 1.82) is 0 Å². The molecule has 32 heavy (non-hydrogen) atoms. The summed E-state index contributed by atoms with van der Waals surface area (Å²) >= 11 is 1.24. The molecule has 10 heteroatoms. The standard InChI is InChI=1S/C22H24N2O5S3/c1-3-19-9-13-22(30-19)31(25,26)23-17-6-12-21-16(15-17)5-4-14-24(21)32(27,28)20-10-7-18(29-2)8-11-20/h6-13,15,23H,3-5,14H2,1-2H3. The maximum atomic E-state index is 13.3. The molecule has 0 spiro atoms. The van der Waals surface area contributed by atoms with E-state index in [1.807, 2.05) is 13.0 Å². The van der Waals surface area contributed by atoms with Crippen LogP contribution in [0.15, 0.2) is 63.7 Å². The molecule has 1 aliphatic rings. The number of ether oxygens (including phenoxy) is 1. The zero-order valence-corrected chi connectivity index (χ0v) is 20.2. The molecule has 0 fully saturated rings. The Bertz CT molecular complexity index is 1330. The minimum atomic E-state index is -3.75. The molecule has 4 rings (SSSR count). The molecule has 0 amide bonds. The van der Waals surface area contributed by atoms with Crippen LogP contribution in [0.1, 0.15) is 23.8 Å². The summed E-state index contributed by atoms with van der Waals surface area (Å²) in [5.74, 6) is 0.580. The van der Waals surface area contributed by atoms with E-state index < -0.39 is 20.0 Å². The van der Waals surface area contributed by atoms with Gasteiger partial charge in [-0.05, 0) is 79.4 Å². The predicted molar refractivity (Wildman–Crippen MR) is 127 cm³/mol. The summed E-state index contributed by atoms with van der Waals surface area (Å²) in [7, 11) is -5.92. The van der Waals surface area contributed by atoms with Crippen molar-refractivity contribution in [3.63, 3.8) is 0 Å². The molecule has 0 saturated heterocycles. The first-order chi connectivity index (χ1) is 15.2. The lowest BCUT2D eigenvalue weighted by Gasteiger charge is -2.31. The highest BCUT2D eigenvalue weighted by atomic mass is 32.2. The van der Waals surface area contributed by atoms with Crippen LogP contribution in [-0.2, 0) is 32.9 Å². The smallest absolute Gasteiger partial charge is 0.271 e. The molecule has 1 aromatic heterocycles. The van der Waals surface area contributed by atoms with Gasteiger partial charge in [-0.15, -0.1) is 11.3 Å². The van der Waals surface area contributed by atoms with Crippen LogP contribution in [0.25, 0.3) is 0 Å². The molecule has 0 bridgehead atoms. The highest BCUT2D eigenvalue weighted by Crippen LogP contribution is 2.35. The number of benzene rings is 2. The van der Waals surface area contributed by atoms with Crippen LogP contribution < -0.4 is 13.8 Å². The van der Waals surface area contributed by atoms with E-state index in [2.05, 4.69) is 4.72 Å². The number of anilines is 2. The molecule has 7 nitrogen and oxygen atoms in total. The second-order valence-corrected chi connectivity index (χ2v) is 12.3. The van der Waals surface area contributed by atoms with Crippen LogP contribution in [0, 0.1) is 0 Å². The molecular weight excluding hydrogens is 468 g/mol.